The van der Waals surface area contributed by atoms with Crippen LogP contribution in [0.3, 0.4) is 0 Å². The van der Waals surface area contributed by atoms with Crippen molar-refractivity contribution in [3.05, 3.63) is 119 Å². The summed E-state index contributed by atoms with van der Waals surface area (Å²) >= 11 is 6.37. The van der Waals surface area contributed by atoms with Crippen molar-refractivity contribution in [2.24, 2.45) is 0 Å². The Morgan fingerprint density at radius 1 is 0.840 bits per heavy atom. The molecule has 9 nitrogen and oxygen atoms in total. The van der Waals surface area contributed by atoms with E-state index in [0.29, 0.717) is 22.0 Å². The van der Waals surface area contributed by atoms with Crippen LogP contribution < -0.4 is 19.1 Å². The second kappa shape index (κ2) is 16.9. The zero-order chi connectivity index (χ0) is 35.7. The number of hydrogen-bond donors (Lipinski definition) is 1. The maximum Gasteiger partial charge on any atom is 0.264 e. The maximum atomic E-state index is 14.8. The molecule has 4 aromatic carbocycles. The van der Waals surface area contributed by atoms with Gasteiger partial charge in [-0.3, -0.25) is 13.9 Å². The first-order chi connectivity index (χ1) is 24.1. The van der Waals surface area contributed by atoms with Crippen molar-refractivity contribution in [2.75, 3.05) is 25.1 Å². The third-order valence-electron chi connectivity index (χ3n) is 9.01. The van der Waals surface area contributed by atoms with Crippen molar-refractivity contribution < 1.29 is 27.5 Å². The van der Waals surface area contributed by atoms with E-state index in [9.17, 15) is 18.0 Å². The van der Waals surface area contributed by atoms with Crippen LogP contribution in [-0.2, 0) is 32.6 Å². The number of rotatable bonds is 14. The van der Waals surface area contributed by atoms with Crippen molar-refractivity contribution in [1.82, 2.24) is 10.2 Å². The summed E-state index contributed by atoms with van der Waals surface area (Å²) in [4.78, 5) is 30.5. The molecule has 1 N–H and O–H groups in total. The van der Waals surface area contributed by atoms with Crippen molar-refractivity contribution in [3.63, 3.8) is 0 Å². The van der Waals surface area contributed by atoms with Crippen LogP contribution in [0.1, 0.15) is 48.8 Å². The Kier molecular flexibility index (Phi) is 12.4. The average Bonchev–Trinajstić information content (AvgIpc) is 3.12. The summed E-state index contributed by atoms with van der Waals surface area (Å²) in [5, 5.41) is 3.71. The number of amides is 2. The smallest absolute Gasteiger partial charge is 0.264 e. The highest BCUT2D eigenvalue weighted by molar-refractivity contribution is 7.92. The highest BCUT2D eigenvalue weighted by Gasteiger charge is 2.35. The van der Waals surface area contributed by atoms with Crippen LogP contribution in [0.25, 0.3) is 0 Å². The van der Waals surface area contributed by atoms with E-state index in [2.05, 4.69) is 5.32 Å². The van der Waals surface area contributed by atoms with Crippen LogP contribution in [0, 0.1) is 6.92 Å². The predicted molar refractivity (Wildman–Crippen MR) is 196 cm³/mol. The van der Waals surface area contributed by atoms with Gasteiger partial charge in [-0.15, -0.1) is 0 Å². The lowest BCUT2D eigenvalue weighted by Gasteiger charge is -2.35. The van der Waals surface area contributed by atoms with Gasteiger partial charge in [0.25, 0.3) is 10.0 Å². The summed E-state index contributed by atoms with van der Waals surface area (Å²) in [6.45, 7) is 1.36. The van der Waals surface area contributed by atoms with Gasteiger partial charge in [-0.25, -0.2) is 8.42 Å². The average molecular weight is 718 g/mol. The number of methoxy groups -OCH3 is 2. The van der Waals surface area contributed by atoms with Crippen molar-refractivity contribution in [1.29, 1.82) is 0 Å². The minimum absolute atomic E-state index is 0.00660. The number of anilines is 1. The number of carbonyl (C=O) groups is 2. The SMILES string of the molecule is COc1ccc(S(=O)(=O)N(CC(=O)N(Cc2cccc(Cl)c2)[C@@H](Cc2ccccc2)C(=O)NC2CCCCC2)c2ccc(C)cc2)cc1OC. The maximum absolute atomic E-state index is 14.8. The number of hydrogen-bond acceptors (Lipinski definition) is 6. The highest BCUT2D eigenvalue weighted by Crippen LogP contribution is 2.33. The molecule has 264 valence electrons. The van der Waals surface area contributed by atoms with Crippen molar-refractivity contribution in [3.8, 4) is 11.5 Å². The van der Waals surface area contributed by atoms with Gasteiger partial charge in [0.05, 0.1) is 24.8 Å². The van der Waals surface area contributed by atoms with Gasteiger partial charge in [-0.2, -0.15) is 0 Å². The number of carbonyl (C=O) groups excluding carboxylic acids is 2. The molecule has 2 amide bonds. The predicted octanol–water partition coefficient (Wildman–Crippen LogP) is 6.95. The summed E-state index contributed by atoms with van der Waals surface area (Å²) in [7, 11) is -1.44. The fourth-order valence-electron chi connectivity index (χ4n) is 6.27. The molecule has 4 aromatic rings. The minimum Gasteiger partial charge on any atom is -0.493 e. The van der Waals surface area contributed by atoms with Crippen LogP contribution in [0.4, 0.5) is 5.69 Å². The Bertz CT molecular complexity index is 1860. The van der Waals surface area contributed by atoms with Gasteiger partial charge in [0.15, 0.2) is 11.5 Å². The fraction of sp³-hybridized carbons (Fsp3) is 0.333. The molecule has 1 saturated carbocycles. The van der Waals surface area contributed by atoms with E-state index in [1.54, 1.807) is 42.5 Å². The van der Waals surface area contributed by atoms with Gasteiger partial charge < -0.3 is 19.7 Å². The van der Waals surface area contributed by atoms with E-state index in [4.69, 9.17) is 21.1 Å². The van der Waals surface area contributed by atoms with E-state index >= 15 is 0 Å². The molecule has 0 radical (unpaired) electrons. The number of sulfonamides is 1. The standard InChI is InChI=1S/C39H44ClN3O6S/c1-28-17-19-33(20-18-28)43(50(46,47)34-21-22-36(48-2)37(25-34)49-3)27-38(44)42(26-30-13-10-14-31(40)23-30)35(24-29-11-6-4-7-12-29)39(45)41-32-15-8-5-9-16-32/h4,6-7,10-14,17-23,25,32,35H,5,8-9,15-16,24,26-27H2,1-3H3,(H,41,45)/t35-/m0/s1. The number of benzene rings is 4. The van der Waals surface area contributed by atoms with E-state index < -0.39 is 28.5 Å². The Hall–Kier alpha value is -4.54. The van der Waals surface area contributed by atoms with Crippen LogP contribution in [0.5, 0.6) is 11.5 Å². The quantitative estimate of drug-likeness (QED) is 0.151. The van der Waals surface area contributed by atoms with Gasteiger partial charge in [0.1, 0.15) is 12.6 Å². The summed E-state index contributed by atoms with van der Waals surface area (Å²) in [5.41, 5.74) is 2.80. The van der Waals surface area contributed by atoms with Crippen molar-refractivity contribution >= 4 is 39.1 Å². The highest BCUT2D eigenvalue weighted by atomic mass is 35.5. The monoisotopic (exact) mass is 717 g/mol. The molecule has 0 unspecified atom stereocenters. The topological polar surface area (TPSA) is 105 Å². The van der Waals surface area contributed by atoms with Crippen LogP contribution in [0.15, 0.2) is 102 Å². The number of nitrogens with one attached hydrogen (secondary N) is 1. The molecular formula is C39H44ClN3O6S. The summed E-state index contributed by atoms with van der Waals surface area (Å²) < 4.78 is 40.8. The lowest BCUT2D eigenvalue weighted by molar-refractivity contribution is -0.140. The molecule has 1 atom stereocenters. The molecule has 1 aliphatic rings. The number of aryl methyl sites for hydroxylation is 1. The third kappa shape index (κ3) is 9.17. The van der Waals surface area contributed by atoms with Gasteiger partial charge in [-0.1, -0.05) is 91.0 Å². The molecule has 1 aliphatic carbocycles. The number of halogens is 1. The van der Waals surface area contributed by atoms with E-state index in [1.807, 2.05) is 43.3 Å². The first kappa shape index (κ1) is 36.7. The zero-order valence-corrected chi connectivity index (χ0v) is 30.3. The Morgan fingerprint density at radius 2 is 1.52 bits per heavy atom. The molecule has 0 heterocycles. The Morgan fingerprint density at radius 3 is 2.18 bits per heavy atom. The second-order valence-electron chi connectivity index (χ2n) is 12.6. The lowest BCUT2D eigenvalue weighted by Crippen LogP contribution is -2.55. The summed E-state index contributed by atoms with van der Waals surface area (Å²) in [5.74, 6) is -0.228. The van der Waals surface area contributed by atoms with Gasteiger partial charge >= 0.3 is 0 Å². The van der Waals surface area contributed by atoms with Gasteiger partial charge in [0, 0.05) is 30.1 Å². The molecule has 0 spiro atoms. The Labute approximate surface area is 300 Å². The zero-order valence-electron chi connectivity index (χ0n) is 28.7. The molecule has 1 fully saturated rings. The lowest BCUT2D eigenvalue weighted by atomic mass is 9.94. The molecule has 50 heavy (non-hydrogen) atoms. The molecule has 0 aliphatic heterocycles. The number of nitrogens with zero attached hydrogens (tertiary/aromatic N) is 2. The third-order valence-corrected chi connectivity index (χ3v) is 11.0. The van der Waals surface area contributed by atoms with Crippen LogP contribution in [-0.4, -0.2) is 58.0 Å². The molecule has 5 rings (SSSR count). The van der Waals surface area contributed by atoms with E-state index in [-0.39, 0.29) is 35.6 Å². The van der Waals surface area contributed by atoms with E-state index in [1.165, 1.54) is 37.3 Å². The van der Waals surface area contributed by atoms with E-state index in [0.717, 1.165) is 47.5 Å². The van der Waals surface area contributed by atoms with Crippen LogP contribution >= 0.6 is 11.6 Å². The first-order valence-corrected chi connectivity index (χ1v) is 18.6. The fourth-order valence-corrected chi connectivity index (χ4v) is 7.92. The number of ether oxygens (including phenoxy) is 2. The Balaban J connectivity index is 1.58. The minimum atomic E-state index is -4.33. The van der Waals surface area contributed by atoms with Gasteiger partial charge in [-0.05, 0) is 67.3 Å². The molecular weight excluding hydrogens is 674 g/mol. The first-order valence-electron chi connectivity index (χ1n) is 16.8. The van der Waals surface area contributed by atoms with Crippen LogP contribution in [0.2, 0.25) is 5.02 Å². The second-order valence-corrected chi connectivity index (χ2v) is 14.9. The normalized spacial score (nSPS) is 14.0. The van der Waals surface area contributed by atoms with Gasteiger partial charge in [0.2, 0.25) is 11.8 Å². The van der Waals surface area contributed by atoms with Crippen molar-refractivity contribution in [2.45, 2.75) is 69.0 Å². The summed E-state index contributed by atoms with van der Waals surface area (Å²) in [6, 6.07) is 26.9. The molecule has 11 heteroatoms. The molecule has 0 aromatic heterocycles. The molecule has 0 bridgehead atoms. The largest absolute Gasteiger partial charge is 0.493 e. The molecule has 0 saturated heterocycles. The summed E-state index contributed by atoms with van der Waals surface area (Å²) in [6.07, 6.45) is 5.16.